The molecule has 1 amide bonds. The normalized spacial score (nSPS) is 17.2. The van der Waals surface area contributed by atoms with Crippen LogP contribution in [0.4, 0.5) is 5.82 Å². The first-order chi connectivity index (χ1) is 9.33. The Bertz CT molecular complexity index is 576. The maximum Gasteiger partial charge on any atom is 0.244 e. The van der Waals surface area contributed by atoms with E-state index in [4.69, 9.17) is 0 Å². The third-order valence-electron chi connectivity index (χ3n) is 2.98. The molecule has 112 valence electrons. The Morgan fingerprint density at radius 3 is 2.60 bits per heavy atom. The van der Waals surface area contributed by atoms with E-state index >= 15 is 0 Å². The smallest absolute Gasteiger partial charge is 0.244 e. The number of rotatable bonds is 4. The first-order valence-corrected chi connectivity index (χ1v) is 8.07. The second kappa shape index (κ2) is 5.75. The van der Waals surface area contributed by atoms with E-state index in [1.54, 1.807) is 4.90 Å². The van der Waals surface area contributed by atoms with Gasteiger partial charge in [0.05, 0.1) is 12.5 Å². The summed E-state index contributed by atoms with van der Waals surface area (Å²) in [5, 5.41) is 7.39. The van der Waals surface area contributed by atoms with Crippen molar-refractivity contribution in [2.75, 3.05) is 44.2 Å². The summed E-state index contributed by atoms with van der Waals surface area (Å²) in [6.45, 7) is 3.15. The standard InChI is InChI=1S/C10H18N6O3S/c1-14-3-5-15(6-4-14)10(17)8-16-7-9(11-13-16)12-20(2,18)19/h7,12H,3-6,8H2,1-2H3. The quantitative estimate of drug-likeness (QED) is 0.721. The van der Waals surface area contributed by atoms with Gasteiger partial charge in [0.1, 0.15) is 6.54 Å². The fraction of sp³-hybridized carbons (Fsp3) is 0.700. The summed E-state index contributed by atoms with van der Waals surface area (Å²) in [7, 11) is -1.37. The second-order valence-corrected chi connectivity index (χ2v) is 6.61. The van der Waals surface area contributed by atoms with Gasteiger partial charge in [0.15, 0.2) is 5.82 Å². The largest absolute Gasteiger partial charge is 0.339 e. The molecule has 0 aromatic carbocycles. The Kier molecular flexibility index (Phi) is 4.23. The summed E-state index contributed by atoms with van der Waals surface area (Å²) in [6, 6.07) is 0. The van der Waals surface area contributed by atoms with Crippen molar-refractivity contribution in [2.45, 2.75) is 6.54 Å². The van der Waals surface area contributed by atoms with Gasteiger partial charge in [-0.3, -0.25) is 9.52 Å². The van der Waals surface area contributed by atoms with Gasteiger partial charge in [0, 0.05) is 26.2 Å². The number of piperazine rings is 1. The lowest BCUT2D eigenvalue weighted by Crippen LogP contribution is -2.48. The van der Waals surface area contributed by atoms with Gasteiger partial charge in [-0.15, -0.1) is 5.10 Å². The molecular formula is C10H18N6O3S. The average molecular weight is 302 g/mol. The second-order valence-electron chi connectivity index (χ2n) is 4.86. The Balaban J connectivity index is 1.91. The number of nitrogens with one attached hydrogen (secondary N) is 1. The molecule has 2 rings (SSSR count). The van der Waals surface area contributed by atoms with E-state index in [0.29, 0.717) is 13.1 Å². The Morgan fingerprint density at radius 1 is 1.35 bits per heavy atom. The first kappa shape index (κ1) is 14.7. The molecule has 0 aliphatic carbocycles. The molecule has 1 N–H and O–H groups in total. The molecular weight excluding hydrogens is 284 g/mol. The van der Waals surface area contributed by atoms with Gasteiger partial charge in [0.2, 0.25) is 15.9 Å². The SMILES string of the molecule is CN1CCN(C(=O)Cn2cc(NS(C)(=O)=O)nn2)CC1. The molecule has 2 heterocycles. The minimum Gasteiger partial charge on any atom is -0.339 e. The average Bonchev–Trinajstić information content (AvgIpc) is 2.74. The summed E-state index contributed by atoms with van der Waals surface area (Å²) in [5.74, 6) is 0.0626. The van der Waals surface area contributed by atoms with Gasteiger partial charge in [-0.1, -0.05) is 5.21 Å². The van der Waals surface area contributed by atoms with Crippen LogP contribution >= 0.6 is 0 Å². The van der Waals surface area contributed by atoms with Crippen molar-refractivity contribution in [1.82, 2.24) is 24.8 Å². The molecule has 1 fully saturated rings. The highest BCUT2D eigenvalue weighted by Crippen LogP contribution is 2.04. The van der Waals surface area contributed by atoms with Gasteiger partial charge < -0.3 is 9.80 Å². The minimum absolute atomic E-state index is 0.0473. The van der Waals surface area contributed by atoms with Crippen LogP contribution in [0, 0.1) is 0 Å². The third kappa shape index (κ3) is 4.17. The number of hydrogen-bond donors (Lipinski definition) is 1. The number of carbonyl (C=O) groups excluding carboxylic acids is 1. The zero-order valence-corrected chi connectivity index (χ0v) is 12.3. The van der Waals surface area contributed by atoms with Crippen LogP contribution in [0.25, 0.3) is 0 Å². The lowest BCUT2D eigenvalue weighted by Gasteiger charge is -2.32. The van der Waals surface area contributed by atoms with Gasteiger partial charge in [-0.05, 0) is 7.05 Å². The molecule has 9 nitrogen and oxygen atoms in total. The van der Waals surface area contributed by atoms with Crippen LogP contribution in [0.1, 0.15) is 0 Å². The lowest BCUT2D eigenvalue weighted by atomic mass is 10.3. The zero-order valence-electron chi connectivity index (χ0n) is 11.5. The number of carbonyl (C=O) groups is 1. The molecule has 20 heavy (non-hydrogen) atoms. The molecule has 1 saturated heterocycles. The minimum atomic E-state index is -3.39. The molecule has 0 bridgehead atoms. The molecule has 0 saturated carbocycles. The Hall–Kier alpha value is -1.68. The highest BCUT2D eigenvalue weighted by molar-refractivity contribution is 7.92. The topological polar surface area (TPSA) is 100 Å². The van der Waals surface area contributed by atoms with Crippen LogP contribution in [0.3, 0.4) is 0 Å². The van der Waals surface area contributed by atoms with Crippen LogP contribution in [0.2, 0.25) is 0 Å². The highest BCUT2D eigenvalue weighted by Gasteiger charge is 2.19. The predicted molar refractivity (Wildman–Crippen MR) is 72.6 cm³/mol. The number of anilines is 1. The summed E-state index contributed by atoms with van der Waals surface area (Å²) in [4.78, 5) is 16.0. The van der Waals surface area contributed by atoms with Crippen molar-refractivity contribution >= 4 is 21.7 Å². The third-order valence-corrected chi connectivity index (χ3v) is 3.56. The fourth-order valence-corrected chi connectivity index (χ4v) is 2.38. The lowest BCUT2D eigenvalue weighted by molar-refractivity contribution is -0.133. The number of likely N-dealkylation sites (N-methyl/N-ethyl adjacent to an activating group) is 1. The van der Waals surface area contributed by atoms with Crippen molar-refractivity contribution in [3.63, 3.8) is 0 Å². The van der Waals surface area contributed by atoms with Gasteiger partial charge in [-0.2, -0.15) is 0 Å². The maximum atomic E-state index is 12.0. The Labute approximate surface area is 117 Å². The van der Waals surface area contributed by atoms with E-state index in [2.05, 4.69) is 19.9 Å². The number of aromatic nitrogens is 3. The number of hydrogen-bond acceptors (Lipinski definition) is 6. The summed E-state index contributed by atoms with van der Waals surface area (Å²) in [6.07, 6.45) is 2.43. The predicted octanol–water partition coefficient (Wildman–Crippen LogP) is -1.58. The van der Waals surface area contributed by atoms with E-state index in [1.165, 1.54) is 10.9 Å². The number of nitrogens with zero attached hydrogens (tertiary/aromatic N) is 5. The van der Waals surface area contributed by atoms with Crippen molar-refractivity contribution in [1.29, 1.82) is 0 Å². The molecule has 0 unspecified atom stereocenters. The fourth-order valence-electron chi connectivity index (χ4n) is 1.91. The number of sulfonamides is 1. The zero-order chi connectivity index (χ0) is 14.8. The molecule has 0 atom stereocenters. The van der Waals surface area contributed by atoms with E-state index in [9.17, 15) is 13.2 Å². The monoisotopic (exact) mass is 302 g/mol. The first-order valence-electron chi connectivity index (χ1n) is 6.18. The van der Waals surface area contributed by atoms with Crippen molar-refractivity contribution in [2.24, 2.45) is 0 Å². The maximum absolute atomic E-state index is 12.0. The number of amides is 1. The van der Waals surface area contributed by atoms with Crippen molar-refractivity contribution < 1.29 is 13.2 Å². The van der Waals surface area contributed by atoms with Crippen LogP contribution in [0.15, 0.2) is 6.20 Å². The molecule has 1 aromatic heterocycles. The van der Waals surface area contributed by atoms with E-state index in [-0.39, 0.29) is 18.3 Å². The van der Waals surface area contributed by atoms with Crippen molar-refractivity contribution in [3.05, 3.63) is 6.20 Å². The Morgan fingerprint density at radius 2 is 2.00 bits per heavy atom. The molecule has 1 aromatic rings. The molecule has 0 radical (unpaired) electrons. The van der Waals surface area contributed by atoms with Crippen LogP contribution in [0.5, 0.6) is 0 Å². The van der Waals surface area contributed by atoms with E-state index in [0.717, 1.165) is 19.3 Å². The summed E-state index contributed by atoms with van der Waals surface area (Å²) >= 11 is 0. The highest BCUT2D eigenvalue weighted by atomic mass is 32.2. The molecule has 1 aliphatic heterocycles. The van der Waals surface area contributed by atoms with Crippen LogP contribution < -0.4 is 4.72 Å². The molecule has 0 spiro atoms. The van der Waals surface area contributed by atoms with Crippen LogP contribution in [-0.2, 0) is 21.4 Å². The van der Waals surface area contributed by atoms with E-state index < -0.39 is 10.0 Å². The van der Waals surface area contributed by atoms with E-state index in [1.807, 2.05) is 7.05 Å². The molecule has 10 heteroatoms. The van der Waals surface area contributed by atoms with Gasteiger partial charge in [-0.25, -0.2) is 13.1 Å². The summed E-state index contributed by atoms with van der Waals surface area (Å²) in [5.41, 5.74) is 0. The van der Waals surface area contributed by atoms with Gasteiger partial charge in [0.25, 0.3) is 0 Å². The van der Waals surface area contributed by atoms with Gasteiger partial charge >= 0.3 is 0 Å². The molecule has 1 aliphatic rings. The summed E-state index contributed by atoms with van der Waals surface area (Å²) < 4.78 is 25.6. The van der Waals surface area contributed by atoms with Crippen molar-refractivity contribution in [3.8, 4) is 0 Å². The van der Waals surface area contributed by atoms with Crippen LogP contribution in [-0.4, -0.2) is 78.6 Å².